The van der Waals surface area contributed by atoms with Gasteiger partial charge in [-0.2, -0.15) is 0 Å². The molecule has 10 heavy (non-hydrogen) atoms. The van der Waals surface area contributed by atoms with Crippen LogP contribution in [0.5, 0.6) is 0 Å². The van der Waals surface area contributed by atoms with Gasteiger partial charge in [0.25, 0.3) is 0 Å². The Morgan fingerprint density at radius 3 is 2.70 bits per heavy atom. The maximum absolute atomic E-state index is 9.20. The molecule has 0 bridgehead atoms. The lowest BCUT2D eigenvalue weighted by molar-refractivity contribution is 0.0576. The van der Waals surface area contributed by atoms with E-state index in [1.54, 1.807) is 13.2 Å². The molecule has 0 saturated heterocycles. The fourth-order valence-corrected chi connectivity index (χ4v) is 0.768. The minimum Gasteiger partial charge on any atom is -0.393 e. The van der Waals surface area contributed by atoms with Crippen LogP contribution >= 0.6 is 0 Å². The second kappa shape index (κ2) is 5.45. The molecular formula is C8H16O2. The number of aliphatic hydroxyl groups is 1. The largest absolute Gasteiger partial charge is 0.393 e. The average Bonchev–Trinajstić information content (AvgIpc) is 1.88. The molecule has 0 fully saturated rings. The lowest BCUT2D eigenvalue weighted by atomic mass is 10.1. The van der Waals surface area contributed by atoms with Crippen molar-refractivity contribution in [2.45, 2.75) is 32.0 Å². The predicted octanol–water partition coefficient (Wildman–Crippen LogP) is 1.35. The highest BCUT2D eigenvalue weighted by Crippen LogP contribution is 2.04. The molecule has 0 unspecified atom stereocenters. The number of methoxy groups -OCH3 is 1. The normalized spacial score (nSPS) is 16.3. The molecule has 0 rings (SSSR count). The van der Waals surface area contributed by atoms with Crippen LogP contribution < -0.4 is 0 Å². The Morgan fingerprint density at radius 2 is 2.30 bits per heavy atom. The van der Waals surface area contributed by atoms with Gasteiger partial charge in [0.2, 0.25) is 0 Å². The third-order valence-corrected chi connectivity index (χ3v) is 1.45. The standard InChI is InChI=1S/C8H16O2/c1-4-5-8(9)6-7(2)10-3/h4,7-9H,1,5-6H2,2-3H3/t7-,8-/m1/s1. The number of hydrogen-bond acceptors (Lipinski definition) is 2. The summed E-state index contributed by atoms with van der Waals surface area (Å²) >= 11 is 0. The molecule has 0 aromatic rings. The molecule has 2 nitrogen and oxygen atoms in total. The van der Waals surface area contributed by atoms with Crippen LogP contribution in [-0.4, -0.2) is 24.4 Å². The lowest BCUT2D eigenvalue weighted by Crippen LogP contribution is -2.15. The summed E-state index contributed by atoms with van der Waals surface area (Å²) in [5.74, 6) is 0. The topological polar surface area (TPSA) is 29.5 Å². The first-order valence-corrected chi connectivity index (χ1v) is 3.52. The van der Waals surface area contributed by atoms with Crippen molar-refractivity contribution in [2.75, 3.05) is 7.11 Å². The third-order valence-electron chi connectivity index (χ3n) is 1.45. The molecule has 1 N–H and O–H groups in total. The van der Waals surface area contributed by atoms with Crippen LogP contribution in [0.15, 0.2) is 12.7 Å². The number of hydrogen-bond donors (Lipinski definition) is 1. The van der Waals surface area contributed by atoms with Crippen LogP contribution in [0, 0.1) is 0 Å². The second-order valence-electron chi connectivity index (χ2n) is 2.46. The monoisotopic (exact) mass is 144 g/mol. The van der Waals surface area contributed by atoms with E-state index in [-0.39, 0.29) is 12.2 Å². The van der Waals surface area contributed by atoms with E-state index >= 15 is 0 Å². The van der Waals surface area contributed by atoms with Crippen LogP contribution in [0.25, 0.3) is 0 Å². The van der Waals surface area contributed by atoms with E-state index in [9.17, 15) is 5.11 Å². The molecule has 0 saturated carbocycles. The maximum atomic E-state index is 9.20. The van der Waals surface area contributed by atoms with Gasteiger partial charge in [-0.1, -0.05) is 6.08 Å². The average molecular weight is 144 g/mol. The van der Waals surface area contributed by atoms with Gasteiger partial charge in [-0.25, -0.2) is 0 Å². The minimum absolute atomic E-state index is 0.134. The highest BCUT2D eigenvalue weighted by Gasteiger charge is 2.06. The molecule has 2 atom stereocenters. The number of aliphatic hydroxyl groups excluding tert-OH is 1. The first-order valence-electron chi connectivity index (χ1n) is 3.52. The SMILES string of the molecule is C=CC[C@@H](O)C[C@@H](C)OC. The Kier molecular flexibility index (Phi) is 5.26. The zero-order valence-corrected chi connectivity index (χ0v) is 6.71. The summed E-state index contributed by atoms with van der Waals surface area (Å²) in [4.78, 5) is 0. The minimum atomic E-state index is -0.299. The van der Waals surface area contributed by atoms with Gasteiger partial charge in [0.05, 0.1) is 12.2 Å². The summed E-state index contributed by atoms with van der Waals surface area (Å²) in [5.41, 5.74) is 0. The lowest BCUT2D eigenvalue weighted by Gasteiger charge is -2.12. The van der Waals surface area contributed by atoms with Crippen molar-refractivity contribution >= 4 is 0 Å². The summed E-state index contributed by atoms with van der Waals surface area (Å²) in [6.07, 6.45) is 2.88. The Labute approximate surface area is 62.5 Å². The van der Waals surface area contributed by atoms with Gasteiger partial charge in [0.15, 0.2) is 0 Å². The van der Waals surface area contributed by atoms with Crippen molar-refractivity contribution in [3.8, 4) is 0 Å². The van der Waals surface area contributed by atoms with Gasteiger partial charge in [0.1, 0.15) is 0 Å². The number of rotatable bonds is 5. The summed E-state index contributed by atoms with van der Waals surface area (Å²) in [6, 6.07) is 0. The van der Waals surface area contributed by atoms with Crippen LogP contribution in [0.3, 0.4) is 0 Å². The van der Waals surface area contributed by atoms with Crippen molar-refractivity contribution in [3.63, 3.8) is 0 Å². The Hall–Kier alpha value is -0.340. The van der Waals surface area contributed by atoms with Gasteiger partial charge in [-0.05, 0) is 19.8 Å². The molecule has 0 radical (unpaired) electrons. The van der Waals surface area contributed by atoms with E-state index in [2.05, 4.69) is 6.58 Å². The molecule has 2 heteroatoms. The zero-order chi connectivity index (χ0) is 7.98. The number of ether oxygens (including phenoxy) is 1. The molecule has 0 aromatic heterocycles. The van der Waals surface area contributed by atoms with Gasteiger partial charge in [-0.15, -0.1) is 6.58 Å². The molecule has 0 heterocycles. The Morgan fingerprint density at radius 1 is 1.70 bits per heavy atom. The van der Waals surface area contributed by atoms with Crippen molar-refractivity contribution in [2.24, 2.45) is 0 Å². The van der Waals surface area contributed by atoms with Crippen LogP contribution in [0.2, 0.25) is 0 Å². The van der Waals surface area contributed by atoms with E-state index in [1.807, 2.05) is 6.92 Å². The first-order chi connectivity index (χ1) is 4.70. The van der Waals surface area contributed by atoms with Crippen LogP contribution in [0.4, 0.5) is 0 Å². The molecule has 0 aliphatic rings. The van der Waals surface area contributed by atoms with Gasteiger partial charge in [0, 0.05) is 7.11 Å². The molecule has 60 valence electrons. The van der Waals surface area contributed by atoms with Gasteiger partial charge in [-0.3, -0.25) is 0 Å². The van der Waals surface area contributed by atoms with Crippen molar-refractivity contribution in [3.05, 3.63) is 12.7 Å². The highest BCUT2D eigenvalue weighted by atomic mass is 16.5. The molecule has 0 aliphatic carbocycles. The summed E-state index contributed by atoms with van der Waals surface area (Å²) in [6.45, 7) is 5.47. The van der Waals surface area contributed by atoms with Crippen molar-refractivity contribution < 1.29 is 9.84 Å². The van der Waals surface area contributed by atoms with Gasteiger partial charge < -0.3 is 9.84 Å². The van der Waals surface area contributed by atoms with E-state index in [0.29, 0.717) is 12.8 Å². The van der Waals surface area contributed by atoms with Gasteiger partial charge >= 0.3 is 0 Å². The first kappa shape index (κ1) is 9.66. The van der Waals surface area contributed by atoms with E-state index in [4.69, 9.17) is 4.74 Å². The van der Waals surface area contributed by atoms with Crippen molar-refractivity contribution in [1.82, 2.24) is 0 Å². The van der Waals surface area contributed by atoms with Crippen LogP contribution in [0.1, 0.15) is 19.8 Å². The summed E-state index contributed by atoms with van der Waals surface area (Å²) in [5, 5.41) is 9.20. The highest BCUT2D eigenvalue weighted by molar-refractivity contribution is 4.73. The smallest absolute Gasteiger partial charge is 0.0599 e. The summed E-state index contributed by atoms with van der Waals surface area (Å²) < 4.78 is 4.97. The second-order valence-corrected chi connectivity index (χ2v) is 2.46. The molecular weight excluding hydrogens is 128 g/mol. The summed E-state index contributed by atoms with van der Waals surface area (Å²) in [7, 11) is 1.64. The quantitative estimate of drug-likeness (QED) is 0.590. The fraction of sp³-hybridized carbons (Fsp3) is 0.750. The Bertz CT molecular complexity index is 91.3. The van der Waals surface area contributed by atoms with E-state index in [0.717, 1.165) is 0 Å². The van der Waals surface area contributed by atoms with E-state index in [1.165, 1.54) is 0 Å². The molecule has 0 aliphatic heterocycles. The maximum Gasteiger partial charge on any atom is 0.0599 e. The van der Waals surface area contributed by atoms with E-state index < -0.39 is 0 Å². The molecule has 0 spiro atoms. The third kappa shape index (κ3) is 4.53. The molecule has 0 amide bonds. The predicted molar refractivity (Wildman–Crippen MR) is 41.9 cm³/mol. The fourth-order valence-electron chi connectivity index (χ4n) is 0.768. The zero-order valence-electron chi connectivity index (χ0n) is 6.71. The Balaban J connectivity index is 3.35. The van der Waals surface area contributed by atoms with Crippen molar-refractivity contribution in [1.29, 1.82) is 0 Å². The molecule has 0 aromatic carbocycles. The van der Waals surface area contributed by atoms with Crippen LogP contribution in [-0.2, 0) is 4.74 Å².